The third-order valence-corrected chi connectivity index (χ3v) is 4.48. The van der Waals surface area contributed by atoms with Crippen LogP contribution in [-0.2, 0) is 9.59 Å². The average molecular weight is 333 g/mol. The van der Waals surface area contributed by atoms with E-state index in [1.165, 1.54) is 0 Å². The summed E-state index contributed by atoms with van der Waals surface area (Å²) in [6.45, 7) is 3.90. The van der Waals surface area contributed by atoms with Gasteiger partial charge in [-0.1, -0.05) is 6.07 Å². The third-order valence-electron chi connectivity index (χ3n) is 4.48. The number of carbonyl (C=O) groups excluding carboxylic acids is 2. The minimum atomic E-state index is -0.361. The molecule has 0 aromatic heterocycles. The Balaban J connectivity index is 1.59. The first-order valence-corrected chi connectivity index (χ1v) is 8.27. The predicted octanol–water partition coefficient (Wildman–Crippen LogP) is 0.585. The summed E-state index contributed by atoms with van der Waals surface area (Å²) in [5, 5.41) is 2.96. The highest BCUT2D eigenvalue weighted by Gasteiger charge is 2.30. The second-order valence-electron chi connectivity index (χ2n) is 6.22. The summed E-state index contributed by atoms with van der Waals surface area (Å²) in [5.41, 5.74) is 6.33. The van der Waals surface area contributed by atoms with Gasteiger partial charge in [0.25, 0.3) is 0 Å². The summed E-state index contributed by atoms with van der Waals surface area (Å²) in [4.78, 5) is 25.5. The fourth-order valence-corrected chi connectivity index (χ4v) is 3.22. The molecular formula is C17H23N3O4. The van der Waals surface area contributed by atoms with Crippen LogP contribution in [0, 0.1) is 0 Å². The number of ether oxygens (including phenoxy) is 2. The molecule has 1 aromatic rings. The SMILES string of the molecule is C[C@H](NC(=O)CN1CCC[C@H]1C(N)=O)c1ccc2c(c1)OCCO2. The monoisotopic (exact) mass is 333 g/mol. The summed E-state index contributed by atoms with van der Waals surface area (Å²) in [6, 6.07) is 5.17. The number of carbonyl (C=O) groups is 2. The first-order chi connectivity index (χ1) is 11.5. The molecule has 0 aliphatic carbocycles. The minimum absolute atomic E-state index is 0.120. The predicted molar refractivity (Wildman–Crippen MR) is 87.8 cm³/mol. The number of hydrogen-bond donors (Lipinski definition) is 2. The van der Waals surface area contributed by atoms with Crippen LogP contribution >= 0.6 is 0 Å². The lowest BCUT2D eigenvalue weighted by Gasteiger charge is -2.23. The molecule has 2 aliphatic rings. The van der Waals surface area contributed by atoms with Gasteiger partial charge >= 0.3 is 0 Å². The smallest absolute Gasteiger partial charge is 0.234 e. The number of primary amides is 1. The molecule has 0 radical (unpaired) electrons. The highest BCUT2D eigenvalue weighted by molar-refractivity contribution is 5.83. The van der Waals surface area contributed by atoms with E-state index in [0.717, 1.165) is 30.7 Å². The Morgan fingerprint density at radius 2 is 2.08 bits per heavy atom. The largest absolute Gasteiger partial charge is 0.486 e. The Labute approximate surface area is 141 Å². The number of hydrogen-bond acceptors (Lipinski definition) is 5. The number of amides is 2. The molecule has 0 spiro atoms. The molecule has 2 aliphatic heterocycles. The molecule has 0 saturated carbocycles. The van der Waals surface area contributed by atoms with Crippen LogP contribution in [-0.4, -0.2) is 49.1 Å². The van der Waals surface area contributed by atoms with Crippen molar-refractivity contribution < 1.29 is 19.1 Å². The standard InChI is InChI=1S/C17H23N3O4/c1-11(12-4-5-14-15(9-12)24-8-7-23-14)19-16(21)10-20-6-2-3-13(20)17(18)22/h4-5,9,11,13H,2-3,6-8,10H2,1H3,(H2,18,22)(H,19,21)/t11-,13-/m0/s1. The number of rotatable bonds is 5. The molecule has 1 saturated heterocycles. The topological polar surface area (TPSA) is 93.9 Å². The van der Waals surface area contributed by atoms with Crippen molar-refractivity contribution in [3.63, 3.8) is 0 Å². The molecule has 7 heteroatoms. The summed E-state index contributed by atoms with van der Waals surface area (Å²) in [6.07, 6.45) is 1.61. The van der Waals surface area contributed by atoms with E-state index in [0.29, 0.717) is 19.0 Å². The molecule has 2 heterocycles. The maximum atomic E-state index is 12.3. The van der Waals surface area contributed by atoms with Crippen LogP contribution in [0.15, 0.2) is 18.2 Å². The molecule has 1 aromatic carbocycles. The Morgan fingerprint density at radius 3 is 2.83 bits per heavy atom. The van der Waals surface area contributed by atoms with Crippen molar-refractivity contribution >= 4 is 11.8 Å². The molecule has 7 nitrogen and oxygen atoms in total. The maximum Gasteiger partial charge on any atom is 0.234 e. The van der Waals surface area contributed by atoms with Crippen LogP contribution < -0.4 is 20.5 Å². The molecule has 0 unspecified atom stereocenters. The van der Waals surface area contributed by atoms with Crippen LogP contribution in [0.25, 0.3) is 0 Å². The Bertz CT molecular complexity index is 634. The third kappa shape index (κ3) is 3.62. The van der Waals surface area contributed by atoms with Gasteiger partial charge in [0.1, 0.15) is 13.2 Å². The van der Waals surface area contributed by atoms with E-state index in [9.17, 15) is 9.59 Å². The Kier molecular flexibility index (Phi) is 4.89. The summed E-state index contributed by atoms with van der Waals surface area (Å²) in [5.74, 6) is 0.948. The molecule has 2 atom stereocenters. The van der Waals surface area contributed by atoms with Crippen molar-refractivity contribution in [2.75, 3.05) is 26.3 Å². The van der Waals surface area contributed by atoms with Gasteiger partial charge in [0.05, 0.1) is 18.6 Å². The molecule has 0 bridgehead atoms. The number of fused-ring (bicyclic) bond motifs is 1. The highest BCUT2D eigenvalue weighted by Crippen LogP contribution is 2.32. The highest BCUT2D eigenvalue weighted by atomic mass is 16.6. The fraction of sp³-hybridized carbons (Fsp3) is 0.529. The number of likely N-dealkylation sites (tertiary alicyclic amines) is 1. The van der Waals surface area contributed by atoms with Crippen LogP contribution in [0.2, 0.25) is 0 Å². The van der Waals surface area contributed by atoms with E-state index >= 15 is 0 Å². The van der Waals surface area contributed by atoms with E-state index in [2.05, 4.69) is 5.32 Å². The zero-order chi connectivity index (χ0) is 17.1. The summed E-state index contributed by atoms with van der Waals surface area (Å²) < 4.78 is 11.1. The zero-order valence-electron chi connectivity index (χ0n) is 13.8. The van der Waals surface area contributed by atoms with Crippen molar-refractivity contribution in [2.24, 2.45) is 5.73 Å². The first kappa shape index (κ1) is 16.6. The number of nitrogens with two attached hydrogens (primary N) is 1. The molecular weight excluding hydrogens is 310 g/mol. The lowest BCUT2D eigenvalue weighted by Crippen LogP contribution is -2.45. The number of benzene rings is 1. The lowest BCUT2D eigenvalue weighted by molar-refractivity contribution is -0.126. The van der Waals surface area contributed by atoms with Gasteiger partial charge in [0.15, 0.2) is 11.5 Å². The average Bonchev–Trinajstić information content (AvgIpc) is 3.02. The van der Waals surface area contributed by atoms with Gasteiger partial charge in [-0.15, -0.1) is 0 Å². The molecule has 130 valence electrons. The van der Waals surface area contributed by atoms with E-state index in [4.69, 9.17) is 15.2 Å². The van der Waals surface area contributed by atoms with E-state index < -0.39 is 0 Å². The summed E-state index contributed by atoms with van der Waals surface area (Å²) >= 11 is 0. The first-order valence-electron chi connectivity index (χ1n) is 8.27. The number of nitrogens with one attached hydrogen (secondary N) is 1. The second-order valence-corrected chi connectivity index (χ2v) is 6.22. The Morgan fingerprint density at radius 1 is 1.33 bits per heavy atom. The molecule has 3 N–H and O–H groups in total. The van der Waals surface area contributed by atoms with Crippen LogP contribution in [0.3, 0.4) is 0 Å². The Hall–Kier alpha value is -2.28. The molecule has 24 heavy (non-hydrogen) atoms. The van der Waals surface area contributed by atoms with Gasteiger partial charge < -0.3 is 20.5 Å². The molecule has 1 fully saturated rings. The maximum absolute atomic E-state index is 12.3. The molecule has 3 rings (SSSR count). The second kappa shape index (κ2) is 7.09. The zero-order valence-corrected chi connectivity index (χ0v) is 13.8. The van der Waals surface area contributed by atoms with Gasteiger partial charge in [-0.2, -0.15) is 0 Å². The summed E-state index contributed by atoms with van der Waals surface area (Å²) in [7, 11) is 0. The van der Waals surface area contributed by atoms with Gasteiger partial charge in [0, 0.05) is 0 Å². The fourth-order valence-electron chi connectivity index (χ4n) is 3.22. The number of nitrogens with zero attached hydrogens (tertiary/aromatic N) is 1. The van der Waals surface area contributed by atoms with Crippen molar-refractivity contribution in [2.45, 2.75) is 31.8 Å². The molecule has 2 amide bonds. The van der Waals surface area contributed by atoms with Crippen molar-refractivity contribution in [1.82, 2.24) is 10.2 Å². The van der Waals surface area contributed by atoms with Crippen LogP contribution in [0.1, 0.15) is 31.4 Å². The lowest BCUT2D eigenvalue weighted by atomic mass is 10.1. The van der Waals surface area contributed by atoms with Gasteiger partial charge in [-0.25, -0.2) is 0 Å². The normalized spacial score (nSPS) is 21.3. The van der Waals surface area contributed by atoms with Crippen molar-refractivity contribution in [1.29, 1.82) is 0 Å². The minimum Gasteiger partial charge on any atom is -0.486 e. The van der Waals surface area contributed by atoms with Crippen molar-refractivity contribution in [3.05, 3.63) is 23.8 Å². The van der Waals surface area contributed by atoms with Crippen LogP contribution in [0.5, 0.6) is 11.5 Å². The van der Waals surface area contributed by atoms with Crippen molar-refractivity contribution in [3.8, 4) is 11.5 Å². The van der Waals surface area contributed by atoms with E-state index in [-0.39, 0.29) is 30.4 Å². The van der Waals surface area contributed by atoms with Gasteiger partial charge in [-0.05, 0) is 44.0 Å². The van der Waals surface area contributed by atoms with E-state index in [1.54, 1.807) is 0 Å². The quantitative estimate of drug-likeness (QED) is 0.822. The van der Waals surface area contributed by atoms with Gasteiger partial charge in [0.2, 0.25) is 11.8 Å². The van der Waals surface area contributed by atoms with Gasteiger partial charge in [-0.3, -0.25) is 14.5 Å². The van der Waals surface area contributed by atoms with E-state index in [1.807, 2.05) is 30.0 Å². The van der Waals surface area contributed by atoms with Crippen LogP contribution in [0.4, 0.5) is 0 Å².